The summed E-state index contributed by atoms with van der Waals surface area (Å²) in [4.78, 5) is 16.5. The molecule has 0 unspecified atom stereocenters. The van der Waals surface area contributed by atoms with Crippen molar-refractivity contribution >= 4 is 27.3 Å². The monoisotopic (exact) mass is 458 g/mol. The number of hydrogen-bond acceptors (Lipinski definition) is 6. The van der Waals surface area contributed by atoms with Gasteiger partial charge < -0.3 is 14.3 Å². The molecule has 3 aromatic rings. The molecule has 0 atom stereocenters. The summed E-state index contributed by atoms with van der Waals surface area (Å²) >= 11 is 0. The van der Waals surface area contributed by atoms with E-state index >= 15 is 0 Å². The zero-order valence-electron chi connectivity index (χ0n) is 17.7. The third kappa shape index (κ3) is 4.31. The molecule has 32 heavy (non-hydrogen) atoms. The van der Waals surface area contributed by atoms with Gasteiger partial charge in [0.05, 0.1) is 5.69 Å². The topological polar surface area (TPSA) is 95.8 Å². The number of aryl methyl sites for hydroxylation is 2. The molecule has 0 aliphatic carbocycles. The minimum Gasteiger partial charge on any atom is -0.366 e. The highest BCUT2D eigenvalue weighted by Crippen LogP contribution is 2.24. The fourth-order valence-corrected chi connectivity index (χ4v) is 5.18. The van der Waals surface area contributed by atoms with Crippen molar-refractivity contribution < 1.29 is 22.1 Å². The second kappa shape index (κ2) is 8.62. The van der Waals surface area contributed by atoms with Gasteiger partial charge in [0.15, 0.2) is 10.7 Å². The second-order valence-corrected chi connectivity index (χ2v) is 9.19. The average Bonchev–Trinajstić information content (AvgIpc) is 3.13. The highest BCUT2D eigenvalue weighted by molar-refractivity contribution is 7.92. The van der Waals surface area contributed by atoms with E-state index in [-0.39, 0.29) is 28.1 Å². The number of anilines is 2. The molecule has 0 bridgehead atoms. The zero-order chi connectivity index (χ0) is 22.9. The van der Waals surface area contributed by atoms with Gasteiger partial charge in [0.2, 0.25) is 0 Å². The number of nitrogens with zero attached hydrogens (tertiary/aromatic N) is 3. The summed E-state index contributed by atoms with van der Waals surface area (Å²) in [6, 6.07) is 12.8. The van der Waals surface area contributed by atoms with Gasteiger partial charge in [-0.3, -0.25) is 9.52 Å². The first kappa shape index (κ1) is 21.8. The number of amides is 1. The van der Waals surface area contributed by atoms with Crippen LogP contribution in [0.25, 0.3) is 0 Å². The number of para-hydroxylation sites is 1. The number of hydrogen-bond donors (Lipinski definition) is 1. The first-order valence-electron chi connectivity index (χ1n) is 10.1. The van der Waals surface area contributed by atoms with Crippen LogP contribution < -0.4 is 9.62 Å². The summed E-state index contributed by atoms with van der Waals surface area (Å²) in [6.45, 7) is 5.08. The van der Waals surface area contributed by atoms with Crippen molar-refractivity contribution in [2.24, 2.45) is 0 Å². The SMILES string of the molecule is Cc1noc(C)c1S(=O)(=O)Nc1ccc(C(=O)N2CCN(c3ccccc3F)CC2)cc1. The van der Waals surface area contributed by atoms with Crippen LogP contribution in [0.3, 0.4) is 0 Å². The molecule has 1 aromatic heterocycles. The molecule has 4 rings (SSSR count). The van der Waals surface area contributed by atoms with Crippen LogP contribution in [0.15, 0.2) is 57.9 Å². The molecular formula is C22H23FN4O4S. The molecule has 1 aliphatic heterocycles. The number of nitrogens with one attached hydrogen (secondary N) is 1. The van der Waals surface area contributed by atoms with Crippen LogP contribution in [0.5, 0.6) is 0 Å². The number of halogens is 1. The Balaban J connectivity index is 1.40. The highest BCUT2D eigenvalue weighted by atomic mass is 32.2. The molecule has 168 valence electrons. The standard InChI is InChI=1S/C22H23FN4O4S/c1-15-21(16(2)31-24-15)32(29,30)25-18-9-7-17(8-10-18)22(28)27-13-11-26(12-14-27)20-6-4-3-5-19(20)23/h3-10,25H,11-14H2,1-2H3. The van der Waals surface area contributed by atoms with Crippen molar-refractivity contribution in [3.63, 3.8) is 0 Å². The Kier molecular flexibility index (Phi) is 5.88. The maximum absolute atomic E-state index is 14.0. The Morgan fingerprint density at radius 1 is 1.03 bits per heavy atom. The van der Waals surface area contributed by atoms with E-state index in [4.69, 9.17) is 4.52 Å². The maximum Gasteiger partial charge on any atom is 0.267 e. The summed E-state index contributed by atoms with van der Waals surface area (Å²) in [5.41, 5.74) is 1.58. The van der Waals surface area contributed by atoms with E-state index in [1.807, 2.05) is 4.90 Å². The Morgan fingerprint density at radius 2 is 1.69 bits per heavy atom. The first-order valence-corrected chi connectivity index (χ1v) is 11.6. The summed E-state index contributed by atoms with van der Waals surface area (Å²) in [6.07, 6.45) is 0. The van der Waals surface area contributed by atoms with Crippen LogP contribution in [0.4, 0.5) is 15.8 Å². The van der Waals surface area contributed by atoms with Gasteiger partial charge in [0.25, 0.3) is 15.9 Å². The van der Waals surface area contributed by atoms with Crippen molar-refractivity contribution in [1.82, 2.24) is 10.1 Å². The maximum atomic E-state index is 14.0. The Labute approximate surface area is 185 Å². The van der Waals surface area contributed by atoms with Crippen molar-refractivity contribution in [3.05, 3.63) is 71.4 Å². The van der Waals surface area contributed by atoms with Crippen molar-refractivity contribution in [2.45, 2.75) is 18.7 Å². The Bertz CT molecular complexity index is 1210. The molecule has 0 spiro atoms. The third-order valence-electron chi connectivity index (χ3n) is 5.38. The Morgan fingerprint density at radius 3 is 2.28 bits per heavy atom. The fraction of sp³-hybridized carbons (Fsp3) is 0.273. The summed E-state index contributed by atoms with van der Waals surface area (Å²) in [7, 11) is -3.86. The molecule has 1 aliphatic rings. The van der Waals surface area contributed by atoms with Gasteiger partial charge >= 0.3 is 0 Å². The second-order valence-electron chi connectivity index (χ2n) is 7.57. The van der Waals surface area contributed by atoms with Gasteiger partial charge in [-0.05, 0) is 50.2 Å². The van der Waals surface area contributed by atoms with E-state index < -0.39 is 10.0 Å². The van der Waals surface area contributed by atoms with Crippen LogP contribution >= 0.6 is 0 Å². The lowest BCUT2D eigenvalue weighted by Gasteiger charge is -2.36. The molecule has 0 saturated carbocycles. The number of aromatic nitrogens is 1. The van der Waals surface area contributed by atoms with E-state index in [2.05, 4.69) is 9.88 Å². The molecule has 8 nitrogen and oxygen atoms in total. The summed E-state index contributed by atoms with van der Waals surface area (Å²) in [5.74, 6) is -0.225. The van der Waals surface area contributed by atoms with Crippen LogP contribution in [-0.4, -0.2) is 50.6 Å². The van der Waals surface area contributed by atoms with Crippen LogP contribution in [0.2, 0.25) is 0 Å². The minimum atomic E-state index is -3.86. The van der Waals surface area contributed by atoms with Gasteiger partial charge in [-0.15, -0.1) is 0 Å². The van der Waals surface area contributed by atoms with Crippen LogP contribution in [-0.2, 0) is 10.0 Å². The quantitative estimate of drug-likeness (QED) is 0.631. The van der Waals surface area contributed by atoms with Gasteiger partial charge in [-0.1, -0.05) is 17.3 Å². The van der Waals surface area contributed by atoms with E-state index in [0.717, 1.165) is 0 Å². The molecule has 10 heteroatoms. The lowest BCUT2D eigenvalue weighted by molar-refractivity contribution is 0.0746. The molecule has 2 heterocycles. The van der Waals surface area contributed by atoms with E-state index in [9.17, 15) is 17.6 Å². The third-order valence-corrected chi connectivity index (χ3v) is 7.01. The highest BCUT2D eigenvalue weighted by Gasteiger charge is 2.25. The lowest BCUT2D eigenvalue weighted by Crippen LogP contribution is -2.49. The largest absolute Gasteiger partial charge is 0.366 e. The van der Waals surface area contributed by atoms with E-state index in [1.165, 1.54) is 13.0 Å². The summed E-state index contributed by atoms with van der Waals surface area (Å²) < 4.78 is 46.7. The van der Waals surface area contributed by atoms with Crippen molar-refractivity contribution in [3.8, 4) is 0 Å². The number of sulfonamides is 1. The number of benzene rings is 2. The average molecular weight is 459 g/mol. The molecule has 1 saturated heterocycles. The van der Waals surface area contributed by atoms with Crippen LogP contribution in [0, 0.1) is 19.7 Å². The number of piperazine rings is 1. The molecule has 1 amide bonds. The zero-order valence-corrected chi connectivity index (χ0v) is 18.5. The Hall–Kier alpha value is -3.40. The lowest BCUT2D eigenvalue weighted by atomic mass is 10.1. The summed E-state index contributed by atoms with van der Waals surface area (Å²) in [5, 5.41) is 3.67. The smallest absolute Gasteiger partial charge is 0.267 e. The van der Waals surface area contributed by atoms with Crippen LogP contribution in [0.1, 0.15) is 21.8 Å². The van der Waals surface area contributed by atoms with Crippen molar-refractivity contribution in [1.29, 1.82) is 0 Å². The minimum absolute atomic E-state index is 0.00498. The molecule has 2 aromatic carbocycles. The number of carbonyl (C=O) groups excluding carboxylic acids is 1. The molecule has 1 fully saturated rings. The molecular weight excluding hydrogens is 435 g/mol. The van der Waals surface area contributed by atoms with E-state index in [1.54, 1.807) is 54.3 Å². The number of rotatable bonds is 5. The van der Waals surface area contributed by atoms with Gasteiger partial charge in [-0.25, -0.2) is 12.8 Å². The van der Waals surface area contributed by atoms with Gasteiger partial charge in [-0.2, -0.15) is 0 Å². The molecule has 0 radical (unpaired) electrons. The van der Waals surface area contributed by atoms with Gasteiger partial charge in [0, 0.05) is 37.4 Å². The fourth-order valence-electron chi connectivity index (χ4n) is 3.79. The van der Waals surface area contributed by atoms with Crippen molar-refractivity contribution in [2.75, 3.05) is 35.8 Å². The molecule has 1 N–H and O–H groups in total. The van der Waals surface area contributed by atoms with E-state index in [0.29, 0.717) is 43.1 Å². The van der Waals surface area contributed by atoms with Gasteiger partial charge in [0.1, 0.15) is 11.5 Å². The first-order chi connectivity index (χ1) is 15.3. The predicted octanol–water partition coefficient (Wildman–Crippen LogP) is 3.19. The predicted molar refractivity (Wildman–Crippen MR) is 118 cm³/mol. The normalized spacial score (nSPS) is 14.5. The number of carbonyl (C=O) groups is 1.